The van der Waals surface area contributed by atoms with Crippen molar-refractivity contribution in [1.29, 1.82) is 0 Å². The molecule has 0 amide bonds. The highest BCUT2D eigenvalue weighted by Gasteiger charge is 2.62. The van der Waals surface area contributed by atoms with Gasteiger partial charge in [0.25, 0.3) is 0 Å². The molecule has 4 aliphatic rings. The normalized spacial score (nSPS) is 40.5. The van der Waals surface area contributed by atoms with E-state index in [-0.39, 0.29) is 11.9 Å². The van der Waals surface area contributed by atoms with Crippen molar-refractivity contribution in [3.63, 3.8) is 0 Å². The van der Waals surface area contributed by atoms with Gasteiger partial charge in [0, 0.05) is 0 Å². The summed E-state index contributed by atoms with van der Waals surface area (Å²) in [5.41, 5.74) is 0. The predicted octanol–water partition coefficient (Wildman–Crippen LogP) is 6.18. The molecule has 0 saturated heterocycles. The molecule has 27 heavy (non-hydrogen) atoms. The number of ether oxygens (including phenoxy) is 1. The first-order valence-corrected chi connectivity index (χ1v) is 11.7. The fourth-order valence-electron chi connectivity index (χ4n) is 7.07. The summed E-state index contributed by atoms with van der Waals surface area (Å²) in [6, 6.07) is 0. The van der Waals surface area contributed by atoms with E-state index in [4.69, 9.17) is 4.74 Å². The third-order valence-electron chi connectivity index (χ3n) is 8.31. The first-order chi connectivity index (χ1) is 13.3. The van der Waals surface area contributed by atoms with Gasteiger partial charge in [0.1, 0.15) is 0 Å². The molecule has 2 heteroatoms. The van der Waals surface area contributed by atoms with Gasteiger partial charge in [-0.2, -0.15) is 0 Å². The summed E-state index contributed by atoms with van der Waals surface area (Å²) < 4.78 is 5.07. The van der Waals surface area contributed by atoms with Crippen molar-refractivity contribution in [3.05, 3.63) is 24.3 Å². The van der Waals surface area contributed by atoms with Crippen LogP contribution < -0.4 is 0 Å². The van der Waals surface area contributed by atoms with E-state index in [2.05, 4.69) is 31.2 Å². The van der Waals surface area contributed by atoms with Gasteiger partial charge in [-0.15, -0.1) is 0 Å². The SMILES string of the molecule is CCCCCCCCCC[C@@H]1[C@H]2C=C[C@@H]3[C@@H]4[C@H]2[C@H]1C[C@H]4C=C[C@H]3C(=O)OC. The monoisotopic (exact) mass is 370 g/mol. The van der Waals surface area contributed by atoms with Crippen LogP contribution in [0.1, 0.15) is 71.1 Å². The second-order valence-electron chi connectivity index (χ2n) is 9.62. The Morgan fingerprint density at radius 3 is 2.33 bits per heavy atom. The topological polar surface area (TPSA) is 26.3 Å². The maximum atomic E-state index is 12.2. The Bertz CT molecular complexity index is 577. The van der Waals surface area contributed by atoms with Crippen LogP contribution in [0.2, 0.25) is 0 Å². The predicted molar refractivity (Wildman–Crippen MR) is 110 cm³/mol. The number of carbonyl (C=O) groups is 1. The van der Waals surface area contributed by atoms with Crippen LogP contribution in [0.4, 0.5) is 0 Å². The van der Waals surface area contributed by atoms with Crippen LogP contribution in [-0.4, -0.2) is 13.1 Å². The van der Waals surface area contributed by atoms with E-state index in [1.165, 1.54) is 71.3 Å². The Labute approximate surface area is 165 Å². The molecule has 0 spiro atoms. The third-order valence-corrected chi connectivity index (χ3v) is 8.31. The number of unbranched alkanes of at least 4 members (excludes halogenated alkanes) is 7. The average Bonchev–Trinajstić information content (AvgIpc) is 3.03. The molecule has 2 saturated carbocycles. The highest BCUT2D eigenvalue weighted by molar-refractivity contribution is 5.75. The van der Waals surface area contributed by atoms with Crippen molar-refractivity contribution >= 4 is 5.97 Å². The molecule has 0 aromatic carbocycles. The molecular weight excluding hydrogens is 332 g/mol. The fourth-order valence-corrected chi connectivity index (χ4v) is 7.07. The maximum absolute atomic E-state index is 12.2. The minimum absolute atomic E-state index is 0.0426. The zero-order valence-corrected chi connectivity index (χ0v) is 17.3. The van der Waals surface area contributed by atoms with Crippen LogP contribution in [0.3, 0.4) is 0 Å². The lowest BCUT2D eigenvalue weighted by molar-refractivity contribution is -0.146. The van der Waals surface area contributed by atoms with Crippen LogP contribution in [0.15, 0.2) is 24.3 Å². The van der Waals surface area contributed by atoms with Crippen molar-refractivity contribution < 1.29 is 9.53 Å². The Morgan fingerprint density at radius 2 is 1.59 bits per heavy atom. The quantitative estimate of drug-likeness (QED) is 0.261. The number of allylic oxidation sites excluding steroid dienone is 3. The first-order valence-electron chi connectivity index (χ1n) is 11.7. The van der Waals surface area contributed by atoms with E-state index in [1.54, 1.807) is 0 Å². The highest BCUT2D eigenvalue weighted by atomic mass is 16.5. The molecule has 0 aromatic heterocycles. The molecule has 2 nitrogen and oxygen atoms in total. The fraction of sp³-hybridized carbons (Fsp3) is 0.800. The number of hydrogen-bond acceptors (Lipinski definition) is 2. The minimum atomic E-state index is -0.0453. The van der Waals surface area contributed by atoms with Gasteiger partial charge in [0.2, 0.25) is 0 Å². The molecular formula is C25H38O2. The number of hydrogen-bond donors (Lipinski definition) is 0. The van der Waals surface area contributed by atoms with E-state index in [9.17, 15) is 4.79 Å². The summed E-state index contributed by atoms with van der Waals surface area (Å²) in [7, 11) is 1.53. The molecule has 2 fully saturated rings. The van der Waals surface area contributed by atoms with Gasteiger partial charge in [-0.3, -0.25) is 4.79 Å². The van der Waals surface area contributed by atoms with Crippen molar-refractivity contribution in [2.75, 3.05) is 7.11 Å². The van der Waals surface area contributed by atoms with E-state index in [0.29, 0.717) is 17.8 Å². The van der Waals surface area contributed by atoms with E-state index >= 15 is 0 Å². The van der Waals surface area contributed by atoms with Gasteiger partial charge in [0.05, 0.1) is 13.0 Å². The zero-order chi connectivity index (χ0) is 18.8. The average molecular weight is 371 g/mol. The second kappa shape index (κ2) is 8.53. The Morgan fingerprint density at radius 1 is 0.889 bits per heavy atom. The van der Waals surface area contributed by atoms with Crippen LogP contribution in [0, 0.1) is 47.3 Å². The highest BCUT2D eigenvalue weighted by Crippen LogP contribution is 2.67. The minimum Gasteiger partial charge on any atom is -0.469 e. The Hall–Kier alpha value is -1.05. The molecule has 0 N–H and O–H groups in total. The van der Waals surface area contributed by atoms with Crippen molar-refractivity contribution in [2.24, 2.45) is 47.3 Å². The Balaban J connectivity index is 1.28. The van der Waals surface area contributed by atoms with Gasteiger partial charge in [0.15, 0.2) is 0 Å². The third kappa shape index (κ3) is 3.54. The van der Waals surface area contributed by atoms with Gasteiger partial charge in [-0.25, -0.2) is 0 Å². The van der Waals surface area contributed by atoms with E-state index < -0.39 is 0 Å². The molecule has 0 aromatic rings. The van der Waals surface area contributed by atoms with Gasteiger partial charge < -0.3 is 4.74 Å². The van der Waals surface area contributed by atoms with Gasteiger partial charge in [-0.1, -0.05) is 82.6 Å². The lowest BCUT2D eigenvalue weighted by atomic mass is 9.50. The molecule has 150 valence electrons. The number of methoxy groups -OCH3 is 1. The number of rotatable bonds is 10. The maximum Gasteiger partial charge on any atom is 0.313 e. The van der Waals surface area contributed by atoms with Crippen LogP contribution in [0.5, 0.6) is 0 Å². The van der Waals surface area contributed by atoms with Crippen LogP contribution in [0.25, 0.3) is 0 Å². The molecule has 0 radical (unpaired) electrons. The van der Waals surface area contributed by atoms with Crippen LogP contribution >= 0.6 is 0 Å². The standard InChI is InChI=1S/C25H38O2/c1-3-4-5-6-7-8-9-10-11-18-19-14-15-20-21(25(26)27-2)13-12-17-16-22(18)24(19)23(17)20/h12-15,17-24H,3-11,16H2,1-2H3/t17-,18-,19-,20+,21-,22+,23-,24-/m1/s1. The van der Waals surface area contributed by atoms with Gasteiger partial charge in [-0.05, 0) is 54.3 Å². The molecule has 4 aliphatic carbocycles. The lowest BCUT2D eigenvalue weighted by Crippen LogP contribution is -2.50. The smallest absolute Gasteiger partial charge is 0.313 e. The molecule has 8 atom stereocenters. The second-order valence-corrected chi connectivity index (χ2v) is 9.62. The molecule has 0 heterocycles. The summed E-state index contributed by atoms with van der Waals surface area (Å²) in [6.07, 6.45) is 23.5. The van der Waals surface area contributed by atoms with E-state index in [1.807, 2.05) is 0 Å². The molecule has 0 bridgehead atoms. The zero-order valence-electron chi connectivity index (χ0n) is 17.3. The number of esters is 1. The summed E-state index contributed by atoms with van der Waals surface area (Å²) >= 11 is 0. The van der Waals surface area contributed by atoms with Crippen molar-refractivity contribution in [1.82, 2.24) is 0 Å². The molecule has 0 aliphatic heterocycles. The summed E-state index contributed by atoms with van der Waals surface area (Å²) in [4.78, 5) is 12.2. The Kier molecular flexibility index (Phi) is 6.09. The summed E-state index contributed by atoms with van der Waals surface area (Å²) in [5.74, 6) is 5.20. The summed E-state index contributed by atoms with van der Waals surface area (Å²) in [6.45, 7) is 2.29. The van der Waals surface area contributed by atoms with Crippen molar-refractivity contribution in [2.45, 2.75) is 71.1 Å². The first kappa shape index (κ1) is 19.3. The van der Waals surface area contributed by atoms with E-state index in [0.717, 1.165) is 23.7 Å². The molecule has 0 unspecified atom stereocenters. The largest absolute Gasteiger partial charge is 0.469 e. The van der Waals surface area contributed by atoms with Crippen molar-refractivity contribution in [3.8, 4) is 0 Å². The van der Waals surface area contributed by atoms with Crippen LogP contribution in [-0.2, 0) is 9.53 Å². The summed E-state index contributed by atoms with van der Waals surface area (Å²) in [5, 5.41) is 0. The lowest BCUT2D eigenvalue weighted by Gasteiger charge is -2.54. The number of carbonyl (C=O) groups excluding carboxylic acids is 1. The molecule has 4 rings (SSSR count). The van der Waals surface area contributed by atoms with Gasteiger partial charge >= 0.3 is 5.97 Å².